The van der Waals surface area contributed by atoms with Gasteiger partial charge in [-0.1, -0.05) is 0 Å². The normalized spacial score (nSPS) is 12.9. The second-order valence-electron chi connectivity index (χ2n) is 3.95. The van der Waals surface area contributed by atoms with Gasteiger partial charge in [0, 0.05) is 39.6 Å². The number of hydrogen-bond donors (Lipinski definition) is 2. The standard InChI is InChI=1S/C10H14FN5O3.C2H4.Ir/c1-19-5(3-17)2-6(11)16-4-13-7-8(16)14-10(12)15-9(7)18;1-2;/h4-6,17H,2-3H2,1H3,(H3,12,14,15,18);1-2H2;/p-1. The van der Waals surface area contributed by atoms with Gasteiger partial charge in [-0.3, -0.25) is 9.36 Å². The quantitative estimate of drug-likeness (QED) is 0.616. The van der Waals surface area contributed by atoms with Crippen LogP contribution in [0.4, 0.5) is 10.3 Å². The molecule has 0 spiro atoms. The molecule has 10 heteroatoms. The molecule has 8 nitrogen and oxygen atoms in total. The first-order valence-electron chi connectivity index (χ1n) is 6.03. The van der Waals surface area contributed by atoms with E-state index in [0.29, 0.717) is 0 Å². The van der Waals surface area contributed by atoms with Crippen molar-refractivity contribution < 1.29 is 34.3 Å². The molecule has 0 aliphatic carbocycles. The Morgan fingerprint density at radius 2 is 2.23 bits per heavy atom. The van der Waals surface area contributed by atoms with Crippen LogP contribution in [-0.2, 0) is 24.8 Å². The average molecular weight is 491 g/mol. The average Bonchev–Trinajstić information content (AvgIpc) is 2.90. The largest absolute Gasteiger partial charge is 0.411 e. The van der Waals surface area contributed by atoms with Crippen molar-refractivity contribution in [1.29, 1.82) is 0 Å². The second kappa shape index (κ2) is 9.42. The van der Waals surface area contributed by atoms with Crippen molar-refractivity contribution in [1.82, 2.24) is 19.5 Å². The van der Waals surface area contributed by atoms with Crippen molar-refractivity contribution in [2.75, 3.05) is 13.7 Å². The molecule has 0 amide bonds. The molecular formula is C12H17FIrN5O3-. The van der Waals surface area contributed by atoms with E-state index in [9.17, 15) is 9.18 Å². The van der Waals surface area contributed by atoms with E-state index >= 15 is 0 Å². The van der Waals surface area contributed by atoms with Gasteiger partial charge >= 0.3 is 0 Å². The zero-order valence-electron chi connectivity index (χ0n) is 11.9. The number of methoxy groups -OCH3 is 1. The summed E-state index contributed by atoms with van der Waals surface area (Å²) in [6.45, 7) is 5.68. The Morgan fingerprint density at radius 1 is 1.59 bits per heavy atom. The van der Waals surface area contributed by atoms with Crippen molar-refractivity contribution in [2.24, 2.45) is 0 Å². The Hall–Kier alpha value is -1.61. The summed E-state index contributed by atoms with van der Waals surface area (Å²) in [4.78, 5) is 21.2. The number of aliphatic hydroxyl groups excluding tert-OH is 1. The molecular weight excluding hydrogens is 473 g/mol. The molecule has 2 rings (SSSR count). The van der Waals surface area contributed by atoms with Gasteiger partial charge in [0.1, 0.15) is 5.52 Å². The van der Waals surface area contributed by atoms with Gasteiger partial charge in [0.2, 0.25) is 5.56 Å². The van der Waals surface area contributed by atoms with Crippen LogP contribution in [0.3, 0.4) is 0 Å². The second-order valence-corrected chi connectivity index (χ2v) is 3.95. The van der Waals surface area contributed by atoms with Crippen molar-refractivity contribution in [3.05, 3.63) is 35.6 Å². The summed E-state index contributed by atoms with van der Waals surface area (Å²) < 4.78 is 20.0. The summed E-state index contributed by atoms with van der Waals surface area (Å²) in [5.74, 6) is -0.364. The minimum Gasteiger partial charge on any atom is -0.411 e. The Kier molecular flexibility index (Phi) is 8.73. The Balaban J connectivity index is 0.00000141. The number of imidazole rings is 1. The molecule has 3 N–H and O–H groups in total. The molecule has 0 saturated carbocycles. The summed E-state index contributed by atoms with van der Waals surface area (Å²) in [6.07, 6.45) is -1.19. The van der Waals surface area contributed by atoms with E-state index in [0.717, 1.165) is 10.9 Å². The predicted molar refractivity (Wildman–Crippen MR) is 76.0 cm³/mol. The van der Waals surface area contributed by atoms with Gasteiger partial charge in [0.05, 0.1) is 24.7 Å². The molecule has 2 unspecified atom stereocenters. The van der Waals surface area contributed by atoms with E-state index in [-0.39, 0.29) is 50.2 Å². The van der Waals surface area contributed by atoms with Crippen LogP contribution in [0.1, 0.15) is 12.7 Å². The molecule has 2 aromatic heterocycles. The number of fused-ring (bicyclic) bond motifs is 1. The zero-order chi connectivity index (χ0) is 16.0. The van der Waals surface area contributed by atoms with Gasteiger partial charge < -0.3 is 25.5 Å². The molecule has 0 saturated heterocycles. The fraction of sp³-hybridized carbons (Fsp3) is 0.417. The van der Waals surface area contributed by atoms with Crippen LogP contribution in [0.25, 0.3) is 16.9 Å². The van der Waals surface area contributed by atoms with Gasteiger partial charge in [-0.05, 0) is 0 Å². The van der Waals surface area contributed by atoms with Gasteiger partial charge in [0.25, 0.3) is 0 Å². The monoisotopic (exact) mass is 491 g/mol. The number of ether oxygens (including phenoxy) is 1. The summed E-state index contributed by atoms with van der Waals surface area (Å²) in [5.41, 5.74) is 6.69. The first kappa shape index (κ1) is 20.4. The maximum atomic E-state index is 14.1. The van der Waals surface area contributed by atoms with Crippen LogP contribution in [-0.4, -0.2) is 44.4 Å². The van der Waals surface area contributed by atoms with E-state index in [4.69, 9.17) is 15.6 Å². The van der Waals surface area contributed by atoms with Crippen LogP contribution in [0.2, 0.25) is 0 Å². The Morgan fingerprint density at radius 3 is 2.77 bits per heavy atom. The molecule has 2 aromatic rings. The maximum absolute atomic E-state index is 14.1. The topological polar surface area (TPSA) is 117 Å². The minimum atomic E-state index is -1.56. The number of H-pyrrole nitrogens is 1. The third-order valence-corrected chi connectivity index (χ3v) is 2.73. The fourth-order valence-corrected chi connectivity index (χ4v) is 1.71. The molecule has 22 heavy (non-hydrogen) atoms. The Labute approximate surface area is 139 Å². The van der Waals surface area contributed by atoms with Crippen molar-refractivity contribution in [3.8, 4) is 0 Å². The number of aromatic nitrogens is 4. The van der Waals surface area contributed by atoms with Crippen LogP contribution in [0.15, 0.2) is 24.3 Å². The summed E-state index contributed by atoms with van der Waals surface area (Å²) in [6, 6.07) is 0. The fourth-order valence-electron chi connectivity index (χ4n) is 1.71. The number of rotatable bonds is 5. The first-order chi connectivity index (χ1) is 10.1. The number of halogens is 1. The number of aliphatic hydroxyl groups is 1. The third kappa shape index (κ3) is 4.44. The Bertz CT molecular complexity index is 643. The van der Waals surface area contributed by atoms with Crippen LogP contribution < -0.4 is 5.56 Å². The van der Waals surface area contributed by atoms with Crippen molar-refractivity contribution >= 4 is 17.1 Å². The predicted octanol–water partition coefficient (Wildman–Crippen LogP) is 1.47. The molecule has 2 heterocycles. The van der Waals surface area contributed by atoms with Gasteiger partial charge in [0.15, 0.2) is 6.30 Å². The summed E-state index contributed by atoms with van der Waals surface area (Å²) in [5, 5.41) is 8.96. The number of alkyl halides is 1. The SMILES string of the molecule is C=C.COC(CO)CC(F)n1cnc2c(=O)[nH]c([NH-])nc21.[Ir]. The number of nitrogens with one attached hydrogen (secondary N) is 2. The molecule has 1 radical (unpaired) electrons. The molecule has 125 valence electrons. The molecule has 0 aliphatic rings. The van der Waals surface area contributed by atoms with E-state index in [1.165, 1.54) is 7.11 Å². The van der Waals surface area contributed by atoms with Crippen LogP contribution in [0, 0.1) is 0 Å². The van der Waals surface area contributed by atoms with Crippen molar-refractivity contribution in [2.45, 2.75) is 18.8 Å². The zero-order valence-corrected chi connectivity index (χ0v) is 14.3. The maximum Gasteiger partial charge on any atom is 0.222 e. The molecule has 0 aromatic carbocycles. The number of nitrogens with zero attached hydrogens (tertiary/aromatic N) is 3. The van der Waals surface area contributed by atoms with E-state index < -0.39 is 18.0 Å². The molecule has 0 bridgehead atoms. The van der Waals surface area contributed by atoms with Crippen LogP contribution >= 0.6 is 0 Å². The van der Waals surface area contributed by atoms with Gasteiger partial charge in [-0.15, -0.1) is 13.2 Å². The number of hydrogen-bond acceptors (Lipinski definition) is 5. The third-order valence-electron chi connectivity index (χ3n) is 2.73. The van der Waals surface area contributed by atoms with E-state index in [1.807, 2.05) is 0 Å². The van der Waals surface area contributed by atoms with Gasteiger partial charge in [-0.25, -0.2) is 9.37 Å². The minimum absolute atomic E-state index is 0. The molecule has 2 atom stereocenters. The smallest absolute Gasteiger partial charge is 0.222 e. The summed E-state index contributed by atoms with van der Waals surface area (Å²) >= 11 is 0. The number of aromatic amines is 1. The molecule has 0 aliphatic heterocycles. The summed E-state index contributed by atoms with van der Waals surface area (Å²) in [7, 11) is 1.37. The van der Waals surface area contributed by atoms with Gasteiger partial charge in [-0.2, -0.15) is 0 Å². The van der Waals surface area contributed by atoms with E-state index in [1.54, 1.807) is 0 Å². The van der Waals surface area contributed by atoms with E-state index in [2.05, 4.69) is 28.1 Å². The van der Waals surface area contributed by atoms with Crippen LogP contribution in [0.5, 0.6) is 0 Å². The van der Waals surface area contributed by atoms with Crippen molar-refractivity contribution in [3.63, 3.8) is 0 Å². The first-order valence-corrected chi connectivity index (χ1v) is 6.03. The molecule has 0 fully saturated rings.